The first-order chi connectivity index (χ1) is 19.4. The Bertz CT molecular complexity index is 1690. The summed E-state index contributed by atoms with van der Waals surface area (Å²) in [6, 6.07) is 14.7. The van der Waals surface area contributed by atoms with Crippen molar-refractivity contribution in [2.24, 2.45) is 0 Å². The number of hydrogen-bond acceptors (Lipinski definition) is 5. The van der Waals surface area contributed by atoms with Gasteiger partial charge >= 0.3 is 0 Å². The highest BCUT2D eigenvalue weighted by molar-refractivity contribution is 7.89. The van der Waals surface area contributed by atoms with Crippen LogP contribution in [0.1, 0.15) is 52.6 Å². The monoisotopic (exact) mass is 595 g/mol. The van der Waals surface area contributed by atoms with E-state index in [0.717, 1.165) is 41.5 Å². The van der Waals surface area contributed by atoms with Gasteiger partial charge in [-0.05, 0) is 98.5 Å². The van der Waals surface area contributed by atoms with Crippen molar-refractivity contribution in [1.82, 2.24) is 8.61 Å². The largest absolute Gasteiger partial charge is 0.325 e. The van der Waals surface area contributed by atoms with Gasteiger partial charge in [-0.1, -0.05) is 42.8 Å². The third-order valence-electron chi connectivity index (χ3n) is 8.43. The summed E-state index contributed by atoms with van der Waals surface area (Å²) in [5.74, 6) is -0.504. The molecular formula is C31H37N3O5S2. The van der Waals surface area contributed by atoms with Crippen LogP contribution in [0.25, 0.3) is 0 Å². The minimum atomic E-state index is -4.07. The molecule has 0 aliphatic carbocycles. The molecule has 0 aromatic heterocycles. The minimum Gasteiger partial charge on any atom is -0.325 e. The average molecular weight is 596 g/mol. The zero-order valence-electron chi connectivity index (χ0n) is 24.0. The number of carbonyl (C=O) groups excluding carboxylic acids is 1. The number of aryl methyl sites for hydroxylation is 2. The second-order valence-electron chi connectivity index (χ2n) is 11.1. The minimum absolute atomic E-state index is 0.0614. The van der Waals surface area contributed by atoms with E-state index in [1.54, 1.807) is 26.0 Å². The molecule has 2 heterocycles. The van der Waals surface area contributed by atoms with Crippen LogP contribution in [0.2, 0.25) is 0 Å². The normalized spacial score (nSPS) is 18.6. The fraction of sp³-hybridized carbons (Fsp3) is 0.387. The van der Waals surface area contributed by atoms with Crippen LogP contribution in [0, 0.1) is 27.7 Å². The molecule has 0 spiro atoms. The highest BCUT2D eigenvalue weighted by atomic mass is 32.2. The Morgan fingerprint density at radius 2 is 1.41 bits per heavy atom. The van der Waals surface area contributed by atoms with Crippen molar-refractivity contribution in [3.05, 3.63) is 88.0 Å². The SMILES string of the molecule is Cc1cc(C)c(C)c(S(=O)(=O)N2Cc3ccccc3CC2C(=O)Nc2cccc(S(=O)(=O)N3CCCCC3)c2)c1C. The lowest BCUT2D eigenvalue weighted by Gasteiger charge is -2.36. The number of carbonyl (C=O) groups is 1. The Labute approximate surface area is 243 Å². The third kappa shape index (κ3) is 5.58. The van der Waals surface area contributed by atoms with Gasteiger partial charge in [-0.3, -0.25) is 4.79 Å². The van der Waals surface area contributed by atoms with Gasteiger partial charge in [0.05, 0.1) is 9.79 Å². The average Bonchev–Trinajstić information content (AvgIpc) is 2.96. The van der Waals surface area contributed by atoms with Gasteiger partial charge in [0.15, 0.2) is 0 Å². The van der Waals surface area contributed by atoms with Gasteiger partial charge in [0.25, 0.3) is 0 Å². The molecule has 2 aliphatic heterocycles. The molecule has 41 heavy (non-hydrogen) atoms. The molecule has 5 rings (SSSR count). The first-order valence-electron chi connectivity index (χ1n) is 14.0. The number of piperidine rings is 1. The molecule has 8 nitrogen and oxygen atoms in total. The van der Waals surface area contributed by atoms with Crippen LogP contribution in [0.4, 0.5) is 5.69 Å². The number of nitrogens with zero attached hydrogens (tertiary/aromatic N) is 2. The highest BCUT2D eigenvalue weighted by Gasteiger charge is 2.41. The van der Waals surface area contributed by atoms with Gasteiger partial charge in [-0.15, -0.1) is 0 Å². The topological polar surface area (TPSA) is 104 Å². The molecule has 1 amide bonds. The van der Waals surface area contributed by atoms with E-state index < -0.39 is 32.0 Å². The molecule has 1 unspecified atom stereocenters. The van der Waals surface area contributed by atoms with Gasteiger partial charge in [-0.25, -0.2) is 16.8 Å². The predicted octanol–water partition coefficient (Wildman–Crippen LogP) is 4.85. The lowest BCUT2D eigenvalue weighted by Crippen LogP contribution is -2.50. The summed E-state index contributed by atoms with van der Waals surface area (Å²) in [6.07, 6.45) is 2.86. The molecule has 218 valence electrons. The van der Waals surface area contributed by atoms with Crippen molar-refractivity contribution >= 4 is 31.6 Å². The number of sulfonamides is 2. The van der Waals surface area contributed by atoms with Gasteiger partial charge in [0.1, 0.15) is 6.04 Å². The Hall–Kier alpha value is -3.05. The van der Waals surface area contributed by atoms with Crippen LogP contribution >= 0.6 is 0 Å². The maximum Gasteiger partial charge on any atom is 0.244 e. The maximum absolute atomic E-state index is 14.3. The Morgan fingerprint density at radius 1 is 0.780 bits per heavy atom. The van der Waals surface area contributed by atoms with Gasteiger partial charge in [-0.2, -0.15) is 8.61 Å². The van der Waals surface area contributed by atoms with Crippen molar-refractivity contribution in [3.8, 4) is 0 Å². The summed E-state index contributed by atoms with van der Waals surface area (Å²) in [4.78, 5) is 14.2. The van der Waals surface area contributed by atoms with E-state index in [0.29, 0.717) is 29.9 Å². The number of amides is 1. The molecule has 3 aromatic carbocycles. The Morgan fingerprint density at radius 3 is 2.07 bits per heavy atom. The molecule has 10 heteroatoms. The van der Waals surface area contributed by atoms with Crippen LogP contribution in [0.15, 0.2) is 64.4 Å². The van der Waals surface area contributed by atoms with Crippen molar-refractivity contribution in [1.29, 1.82) is 0 Å². The van der Waals surface area contributed by atoms with Crippen molar-refractivity contribution in [3.63, 3.8) is 0 Å². The Kier molecular flexibility index (Phi) is 8.13. The van der Waals surface area contributed by atoms with Gasteiger partial charge < -0.3 is 5.32 Å². The summed E-state index contributed by atoms with van der Waals surface area (Å²) >= 11 is 0. The van der Waals surface area contributed by atoms with E-state index in [1.807, 2.05) is 44.2 Å². The summed E-state index contributed by atoms with van der Waals surface area (Å²) in [6.45, 7) is 8.40. The second kappa shape index (κ2) is 11.3. The number of hydrogen-bond donors (Lipinski definition) is 1. The number of anilines is 1. The van der Waals surface area contributed by atoms with Crippen LogP contribution in [-0.2, 0) is 37.8 Å². The van der Waals surface area contributed by atoms with Crippen LogP contribution in [0.3, 0.4) is 0 Å². The predicted molar refractivity (Wildman–Crippen MR) is 160 cm³/mol. The number of fused-ring (bicyclic) bond motifs is 1. The smallest absolute Gasteiger partial charge is 0.244 e. The molecule has 3 aromatic rings. The van der Waals surface area contributed by atoms with E-state index in [4.69, 9.17) is 0 Å². The van der Waals surface area contributed by atoms with E-state index in [2.05, 4.69) is 5.32 Å². The molecule has 0 saturated carbocycles. The summed E-state index contributed by atoms with van der Waals surface area (Å²) in [7, 11) is -7.77. The van der Waals surface area contributed by atoms with Gasteiger partial charge in [0.2, 0.25) is 26.0 Å². The van der Waals surface area contributed by atoms with E-state index in [-0.39, 0.29) is 22.8 Å². The summed E-state index contributed by atoms with van der Waals surface area (Å²) in [5.41, 5.74) is 5.16. The van der Waals surface area contributed by atoms with E-state index in [1.165, 1.54) is 20.7 Å². The van der Waals surface area contributed by atoms with E-state index in [9.17, 15) is 21.6 Å². The zero-order chi connectivity index (χ0) is 29.5. The Balaban J connectivity index is 1.50. The molecule has 2 aliphatic rings. The first kappa shape index (κ1) is 29.4. The van der Waals surface area contributed by atoms with Crippen LogP contribution in [-0.4, -0.2) is 50.5 Å². The molecular weight excluding hydrogens is 558 g/mol. The highest BCUT2D eigenvalue weighted by Crippen LogP contribution is 2.34. The lowest BCUT2D eigenvalue weighted by molar-refractivity contribution is -0.120. The van der Waals surface area contributed by atoms with Gasteiger partial charge in [0, 0.05) is 25.3 Å². The number of benzene rings is 3. The molecule has 0 bridgehead atoms. The third-order valence-corrected chi connectivity index (χ3v) is 12.5. The zero-order valence-corrected chi connectivity index (χ0v) is 25.6. The second-order valence-corrected chi connectivity index (χ2v) is 14.9. The summed E-state index contributed by atoms with van der Waals surface area (Å²) in [5, 5.41) is 2.84. The molecule has 1 N–H and O–H groups in total. The fourth-order valence-corrected chi connectivity index (χ4v) is 9.58. The van der Waals surface area contributed by atoms with Crippen molar-refractivity contribution in [2.45, 2.75) is 75.8 Å². The quantitative estimate of drug-likeness (QED) is 0.439. The maximum atomic E-state index is 14.3. The van der Waals surface area contributed by atoms with Crippen molar-refractivity contribution in [2.75, 3.05) is 18.4 Å². The van der Waals surface area contributed by atoms with Crippen LogP contribution in [0.5, 0.6) is 0 Å². The molecule has 0 radical (unpaired) electrons. The molecule has 1 fully saturated rings. The lowest BCUT2D eigenvalue weighted by atomic mass is 9.95. The first-order valence-corrected chi connectivity index (χ1v) is 16.9. The number of nitrogens with one attached hydrogen (secondary N) is 1. The van der Waals surface area contributed by atoms with Crippen LogP contribution < -0.4 is 5.32 Å². The van der Waals surface area contributed by atoms with Crippen molar-refractivity contribution < 1.29 is 21.6 Å². The molecule has 1 atom stereocenters. The standard InChI is InChI=1S/C31H37N3O5S2/c1-21-17-22(2)24(4)30(23(21)3)41(38,39)34-20-26-12-7-6-11-25(26)18-29(34)31(35)32-27-13-10-14-28(19-27)40(36,37)33-15-8-5-9-16-33/h6-7,10-14,17,19,29H,5,8-9,15-16,18,20H2,1-4H3,(H,32,35). The van der Waals surface area contributed by atoms with E-state index >= 15 is 0 Å². The summed E-state index contributed by atoms with van der Waals surface area (Å²) < 4.78 is 57.9. The number of rotatable bonds is 6. The fourth-order valence-electron chi connectivity index (χ4n) is 5.87. The molecule has 1 saturated heterocycles.